The average molecular weight is 479 g/mol. The highest BCUT2D eigenvalue weighted by Gasteiger charge is 2.16. The molecule has 4 aromatic rings. The number of ether oxygens (including phenoxy) is 2. The molecule has 0 bridgehead atoms. The first kappa shape index (κ1) is 22.9. The van der Waals surface area contributed by atoms with Gasteiger partial charge in [-0.05, 0) is 46.9 Å². The lowest BCUT2D eigenvalue weighted by molar-refractivity contribution is -0.392. The third-order valence-electron chi connectivity index (χ3n) is 4.93. The van der Waals surface area contributed by atoms with Crippen LogP contribution in [0.1, 0.15) is 11.4 Å². The second-order valence-electron chi connectivity index (χ2n) is 7.13. The van der Waals surface area contributed by atoms with Crippen LogP contribution < -0.4 is 14.9 Å². The molecular weight excluding hydrogens is 456 g/mol. The number of aromatic nitrogens is 3. The monoisotopic (exact) mass is 478 g/mol. The molecule has 2 aromatic carbocycles. The number of aryl methyl sites for hydroxylation is 1. The smallest absolute Gasteiger partial charge is 0.342 e. The van der Waals surface area contributed by atoms with E-state index in [4.69, 9.17) is 9.47 Å². The molecule has 0 aliphatic rings. The fraction of sp³-hybridized carbons (Fsp3) is 0.174. The van der Waals surface area contributed by atoms with Crippen LogP contribution in [0.4, 0.5) is 10.9 Å². The maximum absolute atomic E-state index is 11.1. The Morgan fingerprint density at radius 2 is 2.06 bits per heavy atom. The Morgan fingerprint density at radius 1 is 1.24 bits per heavy atom. The Bertz CT molecular complexity index is 1300. The maximum Gasteiger partial charge on any atom is 0.342 e. The number of nitrogens with one attached hydrogen (secondary N) is 1. The van der Waals surface area contributed by atoms with Gasteiger partial charge in [-0.15, -0.1) is 11.3 Å². The van der Waals surface area contributed by atoms with Gasteiger partial charge in [0, 0.05) is 17.9 Å². The van der Waals surface area contributed by atoms with Gasteiger partial charge in [0.15, 0.2) is 5.82 Å². The molecule has 10 nitrogen and oxygen atoms in total. The number of nitrogens with zero attached hydrogens (tertiary/aromatic N) is 5. The van der Waals surface area contributed by atoms with Gasteiger partial charge in [-0.2, -0.15) is 5.10 Å². The summed E-state index contributed by atoms with van der Waals surface area (Å²) >= 11 is 1.46. The van der Waals surface area contributed by atoms with E-state index in [2.05, 4.69) is 20.5 Å². The maximum atomic E-state index is 11.1. The van der Waals surface area contributed by atoms with Crippen molar-refractivity contribution in [1.82, 2.24) is 14.5 Å². The Labute approximate surface area is 199 Å². The number of benzene rings is 2. The minimum Gasteiger partial charge on any atom is -0.497 e. The zero-order valence-corrected chi connectivity index (χ0v) is 19.4. The van der Waals surface area contributed by atoms with Gasteiger partial charge in [0.2, 0.25) is 5.13 Å². The zero-order valence-electron chi connectivity index (χ0n) is 18.5. The molecule has 0 saturated carbocycles. The van der Waals surface area contributed by atoms with Crippen LogP contribution in [-0.2, 0) is 6.54 Å². The van der Waals surface area contributed by atoms with Crippen molar-refractivity contribution in [2.45, 2.75) is 13.5 Å². The van der Waals surface area contributed by atoms with E-state index in [1.54, 1.807) is 20.2 Å². The highest BCUT2D eigenvalue weighted by Crippen LogP contribution is 2.26. The molecule has 0 aliphatic heterocycles. The molecule has 34 heavy (non-hydrogen) atoms. The molecule has 174 valence electrons. The summed E-state index contributed by atoms with van der Waals surface area (Å²) in [7, 11) is 1.63. The topological polar surface area (TPSA) is 117 Å². The van der Waals surface area contributed by atoms with Crippen molar-refractivity contribution in [3.05, 3.63) is 81.6 Å². The minimum absolute atomic E-state index is 0.0506. The number of anilines is 1. The predicted molar refractivity (Wildman–Crippen MR) is 131 cm³/mol. The fourth-order valence-corrected chi connectivity index (χ4v) is 3.87. The summed E-state index contributed by atoms with van der Waals surface area (Å²) in [6, 6.07) is 15.1. The summed E-state index contributed by atoms with van der Waals surface area (Å²) in [6.45, 7) is 2.31. The second-order valence-corrected chi connectivity index (χ2v) is 7.99. The van der Waals surface area contributed by atoms with Gasteiger partial charge >= 0.3 is 5.82 Å². The molecule has 1 N–H and O–H groups in total. The molecule has 2 heterocycles. The van der Waals surface area contributed by atoms with Crippen molar-refractivity contribution in [3.63, 3.8) is 0 Å². The van der Waals surface area contributed by atoms with Crippen molar-refractivity contribution in [3.8, 4) is 22.8 Å². The normalized spacial score (nSPS) is 11.0. The lowest BCUT2D eigenvalue weighted by atomic mass is 10.2. The van der Waals surface area contributed by atoms with Crippen LogP contribution in [0.25, 0.3) is 11.3 Å². The molecule has 11 heteroatoms. The first-order chi connectivity index (χ1) is 16.5. The van der Waals surface area contributed by atoms with E-state index in [9.17, 15) is 10.1 Å². The standard InChI is InChI=1S/C23H22N6O4S/c1-16-24-14-22(29(30)31)28(16)10-11-33-20-5-3-4-17(12-20)13-25-27-23-26-21(15-34-23)18-6-8-19(32-2)9-7-18/h3-9,12-15H,10-11H2,1-2H3,(H,26,27)/b25-13+. The van der Waals surface area contributed by atoms with E-state index >= 15 is 0 Å². The van der Waals surface area contributed by atoms with Crippen LogP contribution in [-0.4, -0.2) is 39.4 Å². The van der Waals surface area contributed by atoms with E-state index in [-0.39, 0.29) is 12.4 Å². The van der Waals surface area contributed by atoms with Crippen molar-refractivity contribution in [1.29, 1.82) is 0 Å². The third kappa shape index (κ3) is 5.56. The van der Waals surface area contributed by atoms with Gasteiger partial charge < -0.3 is 19.6 Å². The minimum atomic E-state index is -0.452. The number of thiazole rings is 1. The Hall–Kier alpha value is -4.25. The number of hydrogen-bond donors (Lipinski definition) is 1. The molecule has 0 radical (unpaired) electrons. The van der Waals surface area contributed by atoms with Crippen LogP contribution in [0.3, 0.4) is 0 Å². The number of hydrogen-bond acceptors (Lipinski definition) is 9. The quantitative estimate of drug-likeness (QED) is 0.198. The first-order valence-corrected chi connectivity index (χ1v) is 11.2. The van der Waals surface area contributed by atoms with Crippen LogP contribution >= 0.6 is 11.3 Å². The van der Waals surface area contributed by atoms with E-state index in [1.807, 2.05) is 53.9 Å². The van der Waals surface area contributed by atoms with E-state index in [0.717, 1.165) is 22.6 Å². The lowest BCUT2D eigenvalue weighted by Gasteiger charge is -2.07. The number of imidazole rings is 1. The van der Waals surface area contributed by atoms with Gasteiger partial charge in [0.25, 0.3) is 0 Å². The number of nitro groups is 1. The summed E-state index contributed by atoms with van der Waals surface area (Å²) in [4.78, 5) is 19.2. The third-order valence-corrected chi connectivity index (χ3v) is 5.67. The van der Waals surface area contributed by atoms with Gasteiger partial charge in [-0.25, -0.2) is 14.5 Å². The molecule has 0 spiro atoms. The van der Waals surface area contributed by atoms with Gasteiger partial charge in [0.05, 0.1) is 19.0 Å². The highest BCUT2D eigenvalue weighted by molar-refractivity contribution is 7.14. The summed E-state index contributed by atoms with van der Waals surface area (Å²) in [5.41, 5.74) is 5.63. The number of methoxy groups -OCH3 is 1. The number of rotatable bonds is 10. The van der Waals surface area contributed by atoms with Crippen molar-refractivity contribution in [2.24, 2.45) is 5.10 Å². The molecule has 2 aromatic heterocycles. The van der Waals surface area contributed by atoms with Crippen molar-refractivity contribution in [2.75, 3.05) is 19.1 Å². The highest BCUT2D eigenvalue weighted by atomic mass is 32.1. The first-order valence-electron chi connectivity index (χ1n) is 10.3. The fourth-order valence-electron chi connectivity index (χ4n) is 3.20. The van der Waals surface area contributed by atoms with Crippen LogP contribution in [0.5, 0.6) is 11.5 Å². The summed E-state index contributed by atoms with van der Waals surface area (Å²) in [5, 5.41) is 18.0. The molecule has 4 rings (SSSR count). The molecular formula is C23H22N6O4S. The van der Waals surface area contributed by atoms with Gasteiger partial charge in [-0.1, -0.05) is 12.1 Å². The zero-order chi connectivity index (χ0) is 23.9. The van der Waals surface area contributed by atoms with Gasteiger partial charge in [-0.3, -0.25) is 5.43 Å². The summed E-state index contributed by atoms with van der Waals surface area (Å²) in [5.74, 6) is 1.96. The predicted octanol–water partition coefficient (Wildman–Crippen LogP) is 4.76. The lowest BCUT2D eigenvalue weighted by Crippen LogP contribution is -2.11. The van der Waals surface area contributed by atoms with Crippen molar-refractivity contribution >= 4 is 28.5 Å². The van der Waals surface area contributed by atoms with Crippen molar-refractivity contribution < 1.29 is 14.4 Å². The van der Waals surface area contributed by atoms with Crippen LogP contribution in [0.15, 0.2) is 65.2 Å². The second kappa shape index (κ2) is 10.6. The molecule has 0 unspecified atom stereocenters. The largest absolute Gasteiger partial charge is 0.497 e. The summed E-state index contributed by atoms with van der Waals surface area (Å²) in [6.07, 6.45) is 2.92. The van der Waals surface area contributed by atoms with E-state index in [0.29, 0.717) is 23.3 Å². The molecule has 0 fully saturated rings. The van der Waals surface area contributed by atoms with Gasteiger partial charge in [0.1, 0.15) is 30.8 Å². The molecule has 0 amide bonds. The molecule has 0 atom stereocenters. The summed E-state index contributed by atoms with van der Waals surface area (Å²) < 4.78 is 12.5. The van der Waals surface area contributed by atoms with Crippen LogP contribution in [0.2, 0.25) is 0 Å². The number of hydrazone groups is 1. The Balaban J connectivity index is 1.32. The SMILES string of the molecule is COc1ccc(-c2csc(N/N=C/c3cccc(OCCn4c([N+](=O)[O-])cnc4C)c3)n2)cc1. The van der Waals surface area contributed by atoms with Crippen LogP contribution in [0, 0.1) is 17.0 Å². The molecule has 0 aliphatic carbocycles. The van der Waals surface area contributed by atoms with E-state index in [1.165, 1.54) is 22.1 Å². The Kier molecular flexibility index (Phi) is 7.13. The molecule has 0 saturated heterocycles. The Morgan fingerprint density at radius 3 is 2.82 bits per heavy atom. The van der Waals surface area contributed by atoms with E-state index < -0.39 is 4.92 Å². The average Bonchev–Trinajstić information content (AvgIpc) is 3.46.